The summed E-state index contributed by atoms with van der Waals surface area (Å²) in [4.78, 5) is 0. The minimum atomic E-state index is 0.184. The molecule has 0 heterocycles. The lowest BCUT2D eigenvalue weighted by molar-refractivity contribution is 0.185. The Bertz CT molecular complexity index is 279. The highest BCUT2D eigenvalue weighted by Gasteiger charge is 1.99. The Morgan fingerprint density at radius 1 is 1.23 bits per heavy atom. The minimum Gasteiger partial charge on any atom is -0.481 e. The quantitative estimate of drug-likeness (QED) is 0.568. The van der Waals surface area contributed by atoms with Gasteiger partial charge in [-0.3, -0.25) is 5.41 Å². The first-order chi connectivity index (χ1) is 6.27. The molecule has 0 spiro atoms. The summed E-state index contributed by atoms with van der Waals surface area (Å²) < 4.78 is 9.76. The monoisotopic (exact) mass is 179 g/mol. The number of rotatable bonds is 3. The summed E-state index contributed by atoms with van der Waals surface area (Å²) >= 11 is 0. The van der Waals surface area contributed by atoms with Crippen molar-refractivity contribution in [3.63, 3.8) is 0 Å². The minimum absolute atomic E-state index is 0.184. The third-order valence-electron chi connectivity index (χ3n) is 1.73. The zero-order chi connectivity index (χ0) is 9.68. The lowest BCUT2D eigenvalue weighted by atomic mass is 10.1. The maximum Gasteiger partial charge on any atom is 0.212 e. The summed E-state index contributed by atoms with van der Waals surface area (Å²) in [6.45, 7) is 0.598. The smallest absolute Gasteiger partial charge is 0.212 e. The van der Waals surface area contributed by atoms with E-state index in [4.69, 9.17) is 14.9 Å². The molecule has 3 heteroatoms. The molecule has 0 atom stereocenters. The maximum atomic E-state index is 7.40. The van der Waals surface area contributed by atoms with E-state index in [-0.39, 0.29) is 5.90 Å². The molecule has 13 heavy (non-hydrogen) atoms. The summed E-state index contributed by atoms with van der Waals surface area (Å²) in [5, 5.41) is 7.40. The molecule has 0 aliphatic carbocycles. The van der Waals surface area contributed by atoms with Gasteiger partial charge in [0.25, 0.3) is 0 Å². The second-order valence-electron chi connectivity index (χ2n) is 2.66. The van der Waals surface area contributed by atoms with Crippen molar-refractivity contribution in [3.8, 4) is 0 Å². The Hall–Kier alpha value is -1.35. The number of hydrogen-bond acceptors (Lipinski definition) is 3. The second-order valence-corrected chi connectivity index (χ2v) is 2.66. The average molecular weight is 179 g/mol. The van der Waals surface area contributed by atoms with E-state index < -0.39 is 0 Å². The predicted molar refractivity (Wildman–Crippen MR) is 51.0 cm³/mol. The largest absolute Gasteiger partial charge is 0.481 e. The normalized spacial score (nSPS) is 9.69. The van der Waals surface area contributed by atoms with E-state index in [0.717, 1.165) is 11.1 Å². The Balaban J connectivity index is 2.75. The summed E-state index contributed by atoms with van der Waals surface area (Å²) in [6, 6.07) is 7.54. The highest BCUT2D eigenvalue weighted by atomic mass is 16.5. The van der Waals surface area contributed by atoms with Gasteiger partial charge in [-0.2, -0.15) is 0 Å². The Morgan fingerprint density at radius 2 is 1.85 bits per heavy atom. The van der Waals surface area contributed by atoms with Gasteiger partial charge in [-0.15, -0.1) is 0 Å². The molecule has 0 amide bonds. The van der Waals surface area contributed by atoms with Crippen molar-refractivity contribution >= 4 is 5.90 Å². The predicted octanol–water partition coefficient (Wildman–Crippen LogP) is 1.80. The molecule has 0 aromatic heterocycles. The van der Waals surface area contributed by atoms with Crippen LogP contribution in [0.4, 0.5) is 0 Å². The van der Waals surface area contributed by atoms with Crippen LogP contribution in [0.2, 0.25) is 0 Å². The first kappa shape index (κ1) is 9.74. The molecule has 0 aliphatic rings. The van der Waals surface area contributed by atoms with Gasteiger partial charge in [-0.05, 0) is 17.7 Å². The summed E-state index contributed by atoms with van der Waals surface area (Å²) in [7, 11) is 3.15. The molecule has 0 bridgehead atoms. The molecule has 3 nitrogen and oxygen atoms in total. The molecule has 70 valence electrons. The standard InChI is InChI=1S/C10H13NO2/c1-12-7-8-3-5-9(6-4-8)10(11)13-2/h3-6,11H,7H2,1-2H3. The lowest BCUT2D eigenvalue weighted by Gasteiger charge is -2.03. The van der Waals surface area contributed by atoms with Crippen LogP contribution in [0, 0.1) is 5.41 Å². The number of nitrogens with one attached hydrogen (secondary N) is 1. The van der Waals surface area contributed by atoms with Crippen LogP contribution in [-0.2, 0) is 16.1 Å². The summed E-state index contributed by atoms with van der Waals surface area (Å²) in [5.41, 5.74) is 1.87. The fourth-order valence-electron chi connectivity index (χ4n) is 1.04. The van der Waals surface area contributed by atoms with Gasteiger partial charge in [0.1, 0.15) is 0 Å². The van der Waals surface area contributed by atoms with Crippen molar-refractivity contribution in [1.82, 2.24) is 0 Å². The van der Waals surface area contributed by atoms with Gasteiger partial charge in [0, 0.05) is 12.7 Å². The second kappa shape index (κ2) is 4.62. The SMILES string of the molecule is COCc1ccc(C(=N)OC)cc1. The molecule has 0 saturated carbocycles. The Morgan fingerprint density at radius 3 is 2.31 bits per heavy atom. The van der Waals surface area contributed by atoms with E-state index in [1.54, 1.807) is 7.11 Å². The molecule has 0 saturated heterocycles. The van der Waals surface area contributed by atoms with Crippen molar-refractivity contribution in [1.29, 1.82) is 5.41 Å². The van der Waals surface area contributed by atoms with E-state index in [9.17, 15) is 0 Å². The van der Waals surface area contributed by atoms with E-state index in [2.05, 4.69) is 0 Å². The molecule has 0 radical (unpaired) electrons. The van der Waals surface area contributed by atoms with Crippen molar-refractivity contribution in [2.75, 3.05) is 14.2 Å². The van der Waals surface area contributed by atoms with Gasteiger partial charge in [0.2, 0.25) is 5.90 Å². The number of ether oxygens (including phenoxy) is 2. The Kier molecular flexibility index (Phi) is 3.46. The molecular weight excluding hydrogens is 166 g/mol. The molecule has 0 fully saturated rings. The first-order valence-corrected chi connectivity index (χ1v) is 3.98. The molecule has 1 N–H and O–H groups in total. The van der Waals surface area contributed by atoms with Crippen LogP contribution in [0.1, 0.15) is 11.1 Å². The molecule has 1 aromatic rings. The van der Waals surface area contributed by atoms with Crippen molar-refractivity contribution in [3.05, 3.63) is 35.4 Å². The van der Waals surface area contributed by atoms with E-state index >= 15 is 0 Å². The van der Waals surface area contributed by atoms with Gasteiger partial charge in [0.15, 0.2) is 0 Å². The number of benzene rings is 1. The zero-order valence-electron chi connectivity index (χ0n) is 7.83. The van der Waals surface area contributed by atoms with Gasteiger partial charge in [0.05, 0.1) is 13.7 Å². The van der Waals surface area contributed by atoms with Crippen molar-refractivity contribution < 1.29 is 9.47 Å². The first-order valence-electron chi connectivity index (χ1n) is 3.98. The third kappa shape index (κ3) is 2.56. The van der Waals surface area contributed by atoms with Crippen molar-refractivity contribution in [2.45, 2.75) is 6.61 Å². The molecular formula is C10H13NO2. The van der Waals surface area contributed by atoms with Crippen LogP contribution in [0.3, 0.4) is 0 Å². The topological polar surface area (TPSA) is 42.3 Å². The van der Waals surface area contributed by atoms with E-state index in [1.807, 2.05) is 24.3 Å². The van der Waals surface area contributed by atoms with Crippen LogP contribution < -0.4 is 0 Å². The zero-order valence-corrected chi connectivity index (χ0v) is 7.83. The molecule has 0 unspecified atom stereocenters. The summed E-state index contributed by atoms with van der Waals surface area (Å²) in [6.07, 6.45) is 0. The highest BCUT2D eigenvalue weighted by Crippen LogP contribution is 2.06. The highest BCUT2D eigenvalue weighted by molar-refractivity contribution is 5.91. The van der Waals surface area contributed by atoms with E-state index in [0.29, 0.717) is 6.61 Å². The lowest BCUT2D eigenvalue weighted by Crippen LogP contribution is -2.01. The van der Waals surface area contributed by atoms with Gasteiger partial charge in [-0.25, -0.2) is 0 Å². The van der Waals surface area contributed by atoms with Gasteiger partial charge < -0.3 is 9.47 Å². The van der Waals surface area contributed by atoms with Gasteiger partial charge in [-0.1, -0.05) is 12.1 Å². The van der Waals surface area contributed by atoms with Crippen LogP contribution in [0.5, 0.6) is 0 Å². The molecule has 1 rings (SSSR count). The Labute approximate surface area is 77.8 Å². The maximum absolute atomic E-state index is 7.40. The summed E-state index contributed by atoms with van der Waals surface area (Å²) in [5.74, 6) is 0.184. The number of hydrogen-bond donors (Lipinski definition) is 1. The van der Waals surface area contributed by atoms with Crippen LogP contribution in [0.25, 0.3) is 0 Å². The van der Waals surface area contributed by atoms with Crippen LogP contribution >= 0.6 is 0 Å². The third-order valence-corrected chi connectivity index (χ3v) is 1.73. The fourth-order valence-corrected chi connectivity index (χ4v) is 1.04. The van der Waals surface area contributed by atoms with E-state index in [1.165, 1.54) is 7.11 Å². The van der Waals surface area contributed by atoms with Crippen LogP contribution in [-0.4, -0.2) is 20.1 Å². The molecule has 0 aliphatic heterocycles. The van der Waals surface area contributed by atoms with Crippen molar-refractivity contribution in [2.24, 2.45) is 0 Å². The fraction of sp³-hybridized carbons (Fsp3) is 0.300. The van der Waals surface area contributed by atoms with Crippen LogP contribution in [0.15, 0.2) is 24.3 Å². The van der Waals surface area contributed by atoms with Gasteiger partial charge >= 0.3 is 0 Å². The average Bonchev–Trinajstić information content (AvgIpc) is 2.18. The molecule has 1 aromatic carbocycles. The number of methoxy groups -OCH3 is 2.